The molecule has 1 aromatic carbocycles. The van der Waals surface area contributed by atoms with Crippen LogP contribution in [-0.2, 0) is 4.79 Å². The first kappa shape index (κ1) is 16.6. The zero-order valence-corrected chi connectivity index (χ0v) is 15.1. The molecule has 1 saturated heterocycles. The van der Waals surface area contributed by atoms with Crippen LogP contribution >= 0.6 is 0 Å². The van der Waals surface area contributed by atoms with Crippen molar-refractivity contribution in [2.75, 3.05) is 26.2 Å². The summed E-state index contributed by atoms with van der Waals surface area (Å²) in [7, 11) is 0. The molecule has 1 aliphatic carbocycles. The molecule has 2 aromatic rings. The first-order valence-electron chi connectivity index (χ1n) is 9.68. The molecular weight excluding hydrogens is 312 g/mol. The van der Waals surface area contributed by atoms with Gasteiger partial charge in [0.05, 0.1) is 17.4 Å². The van der Waals surface area contributed by atoms with Crippen LogP contribution in [0.15, 0.2) is 30.6 Å². The second kappa shape index (κ2) is 7.16. The van der Waals surface area contributed by atoms with Crippen molar-refractivity contribution < 1.29 is 4.79 Å². The molecule has 1 aromatic heterocycles. The molecule has 4 rings (SSSR count). The van der Waals surface area contributed by atoms with Crippen LogP contribution in [0.4, 0.5) is 0 Å². The van der Waals surface area contributed by atoms with E-state index in [-0.39, 0.29) is 11.9 Å². The summed E-state index contributed by atoms with van der Waals surface area (Å²) in [5.74, 6) is 0.219. The van der Waals surface area contributed by atoms with E-state index in [1.54, 1.807) is 6.33 Å². The quantitative estimate of drug-likeness (QED) is 0.862. The molecule has 0 N–H and O–H groups in total. The molecule has 25 heavy (non-hydrogen) atoms. The minimum absolute atomic E-state index is 0.203. The first-order chi connectivity index (χ1) is 12.2. The lowest BCUT2D eigenvalue weighted by atomic mass is 10.2. The fraction of sp³-hybridized carbons (Fsp3) is 0.600. The smallest absolute Gasteiger partial charge is 0.245 e. The number of amides is 1. The highest BCUT2D eigenvalue weighted by molar-refractivity contribution is 5.83. The number of rotatable bonds is 3. The van der Waals surface area contributed by atoms with E-state index < -0.39 is 0 Å². The van der Waals surface area contributed by atoms with Crippen molar-refractivity contribution in [2.45, 2.75) is 51.1 Å². The van der Waals surface area contributed by atoms with E-state index in [9.17, 15) is 4.79 Å². The largest absolute Gasteiger partial charge is 0.340 e. The van der Waals surface area contributed by atoms with Gasteiger partial charge in [0.15, 0.2) is 0 Å². The molecule has 0 unspecified atom stereocenters. The molecular formula is C20H28N4O. The standard InChI is InChI=1S/C20H28N4O/c1-16(24-15-21-18-9-4-5-10-19(18)24)20(25)23-12-6-11-22(13-14-23)17-7-2-3-8-17/h4-5,9-10,15-17H,2-3,6-8,11-14H2,1H3/t16-/m1/s1. The maximum absolute atomic E-state index is 13.1. The molecule has 0 bridgehead atoms. The van der Waals surface area contributed by atoms with Crippen molar-refractivity contribution in [3.8, 4) is 0 Å². The van der Waals surface area contributed by atoms with Crippen molar-refractivity contribution in [3.05, 3.63) is 30.6 Å². The van der Waals surface area contributed by atoms with Crippen LogP contribution in [0.5, 0.6) is 0 Å². The van der Waals surface area contributed by atoms with Crippen molar-refractivity contribution in [1.29, 1.82) is 0 Å². The topological polar surface area (TPSA) is 41.4 Å². The van der Waals surface area contributed by atoms with Crippen LogP contribution in [0.2, 0.25) is 0 Å². The lowest BCUT2D eigenvalue weighted by molar-refractivity contribution is -0.134. The number of fused-ring (bicyclic) bond motifs is 1. The van der Waals surface area contributed by atoms with E-state index in [1.807, 2.05) is 35.8 Å². The van der Waals surface area contributed by atoms with E-state index >= 15 is 0 Å². The van der Waals surface area contributed by atoms with Gasteiger partial charge in [-0.2, -0.15) is 0 Å². The normalized spacial score (nSPS) is 21.6. The number of hydrogen-bond donors (Lipinski definition) is 0. The minimum Gasteiger partial charge on any atom is -0.340 e. The fourth-order valence-electron chi connectivity index (χ4n) is 4.46. The molecule has 1 amide bonds. The zero-order valence-electron chi connectivity index (χ0n) is 15.1. The summed E-state index contributed by atoms with van der Waals surface area (Å²) in [6, 6.07) is 8.57. The number of carbonyl (C=O) groups excluding carboxylic acids is 1. The van der Waals surface area contributed by atoms with Gasteiger partial charge in [-0.15, -0.1) is 0 Å². The fourth-order valence-corrected chi connectivity index (χ4v) is 4.46. The van der Waals surface area contributed by atoms with E-state index in [2.05, 4.69) is 14.8 Å². The van der Waals surface area contributed by atoms with Crippen molar-refractivity contribution in [2.24, 2.45) is 0 Å². The van der Waals surface area contributed by atoms with Gasteiger partial charge in [0.2, 0.25) is 5.91 Å². The molecule has 1 atom stereocenters. The second-order valence-corrected chi connectivity index (χ2v) is 7.47. The van der Waals surface area contributed by atoms with Crippen LogP contribution in [0, 0.1) is 0 Å². The van der Waals surface area contributed by atoms with Crippen LogP contribution in [0.3, 0.4) is 0 Å². The third kappa shape index (κ3) is 3.30. The number of benzene rings is 1. The average molecular weight is 340 g/mol. The number of aromatic nitrogens is 2. The Labute approximate surface area is 149 Å². The van der Waals surface area contributed by atoms with Crippen molar-refractivity contribution >= 4 is 16.9 Å². The van der Waals surface area contributed by atoms with Crippen LogP contribution in [0.25, 0.3) is 11.0 Å². The Bertz CT molecular complexity index is 734. The Morgan fingerprint density at radius 3 is 2.72 bits per heavy atom. The number of imidazole rings is 1. The summed E-state index contributed by atoms with van der Waals surface area (Å²) < 4.78 is 2.01. The first-order valence-corrected chi connectivity index (χ1v) is 9.68. The van der Waals surface area contributed by atoms with Gasteiger partial charge in [0.25, 0.3) is 0 Å². The monoisotopic (exact) mass is 340 g/mol. The Kier molecular flexibility index (Phi) is 4.75. The number of nitrogens with zero attached hydrogens (tertiary/aromatic N) is 4. The maximum atomic E-state index is 13.1. The molecule has 1 aliphatic heterocycles. The lowest BCUT2D eigenvalue weighted by Gasteiger charge is -2.28. The van der Waals surface area contributed by atoms with Gasteiger partial charge in [-0.05, 0) is 38.3 Å². The van der Waals surface area contributed by atoms with Gasteiger partial charge in [0, 0.05) is 32.2 Å². The van der Waals surface area contributed by atoms with Gasteiger partial charge in [-0.25, -0.2) is 4.98 Å². The molecule has 2 heterocycles. The highest BCUT2D eigenvalue weighted by Gasteiger charge is 2.28. The van der Waals surface area contributed by atoms with Gasteiger partial charge < -0.3 is 9.47 Å². The SMILES string of the molecule is C[C@H](C(=O)N1CCCN(C2CCCC2)CC1)n1cnc2ccccc21. The van der Waals surface area contributed by atoms with Crippen LogP contribution in [-0.4, -0.2) is 57.5 Å². The molecule has 2 aliphatic rings. The molecule has 5 heteroatoms. The van der Waals surface area contributed by atoms with E-state index in [0.717, 1.165) is 49.7 Å². The van der Waals surface area contributed by atoms with Crippen molar-refractivity contribution in [3.63, 3.8) is 0 Å². The number of para-hydroxylation sites is 2. The summed E-state index contributed by atoms with van der Waals surface area (Å²) >= 11 is 0. The Hall–Kier alpha value is -1.88. The van der Waals surface area contributed by atoms with Gasteiger partial charge in [-0.3, -0.25) is 9.69 Å². The predicted octanol–water partition coefficient (Wildman–Crippen LogP) is 3.07. The van der Waals surface area contributed by atoms with Crippen LogP contribution < -0.4 is 0 Å². The van der Waals surface area contributed by atoms with Gasteiger partial charge in [-0.1, -0.05) is 25.0 Å². The lowest BCUT2D eigenvalue weighted by Crippen LogP contribution is -2.40. The van der Waals surface area contributed by atoms with E-state index in [4.69, 9.17) is 0 Å². The Balaban J connectivity index is 1.45. The summed E-state index contributed by atoms with van der Waals surface area (Å²) in [5.41, 5.74) is 1.98. The predicted molar refractivity (Wildman–Crippen MR) is 99.5 cm³/mol. The van der Waals surface area contributed by atoms with Crippen molar-refractivity contribution in [1.82, 2.24) is 19.4 Å². The highest BCUT2D eigenvalue weighted by atomic mass is 16.2. The maximum Gasteiger partial charge on any atom is 0.245 e. The molecule has 2 fully saturated rings. The number of carbonyl (C=O) groups is 1. The van der Waals surface area contributed by atoms with Gasteiger partial charge in [0.1, 0.15) is 6.04 Å². The molecule has 0 radical (unpaired) electrons. The summed E-state index contributed by atoms with van der Waals surface area (Å²) in [4.78, 5) is 22.2. The summed E-state index contributed by atoms with van der Waals surface area (Å²) in [5, 5.41) is 0. The third-order valence-corrected chi connectivity index (χ3v) is 5.94. The molecule has 0 spiro atoms. The Morgan fingerprint density at radius 2 is 1.88 bits per heavy atom. The summed E-state index contributed by atoms with van der Waals surface area (Å²) in [6.45, 7) is 5.88. The van der Waals surface area contributed by atoms with E-state index in [0.29, 0.717) is 0 Å². The minimum atomic E-state index is -0.203. The third-order valence-electron chi connectivity index (χ3n) is 5.94. The highest BCUT2D eigenvalue weighted by Crippen LogP contribution is 2.25. The summed E-state index contributed by atoms with van der Waals surface area (Å²) in [6.07, 6.45) is 8.30. The van der Waals surface area contributed by atoms with E-state index in [1.165, 1.54) is 25.7 Å². The molecule has 1 saturated carbocycles. The molecule has 5 nitrogen and oxygen atoms in total. The second-order valence-electron chi connectivity index (χ2n) is 7.47. The zero-order chi connectivity index (χ0) is 17.2. The van der Waals surface area contributed by atoms with Gasteiger partial charge >= 0.3 is 0 Å². The average Bonchev–Trinajstić information content (AvgIpc) is 3.26. The van der Waals surface area contributed by atoms with Crippen LogP contribution in [0.1, 0.15) is 45.1 Å². The number of hydrogen-bond acceptors (Lipinski definition) is 3. The Morgan fingerprint density at radius 1 is 1.08 bits per heavy atom. The molecule has 134 valence electrons.